The van der Waals surface area contributed by atoms with E-state index in [1.165, 1.54) is 35.4 Å². The average molecular weight is 433 g/mol. The van der Waals surface area contributed by atoms with Crippen LogP contribution in [0.4, 0.5) is 4.39 Å². The number of Topliss-reactive ketones (excluding diaryl/α,β-unsaturated/α-hetero) is 1. The molecule has 6 nitrogen and oxygen atoms in total. The predicted molar refractivity (Wildman–Crippen MR) is 115 cm³/mol. The number of nitrogens with zero attached hydrogens (tertiary/aromatic N) is 1. The fourth-order valence-electron chi connectivity index (χ4n) is 3.62. The molecular formula is C25H20FNO5. The average Bonchev–Trinajstić information content (AvgIpc) is 3.41. The normalized spacial score (nSPS) is 17.5. The highest BCUT2D eigenvalue weighted by atomic mass is 19.1. The van der Waals surface area contributed by atoms with Gasteiger partial charge in [0.2, 0.25) is 0 Å². The predicted octanol–water partition coefficient (Wildman–Crippen LogP) is 4.61. The Morgan fingerprint density at radius 3 is 2.47 bits per heavy atom. The number of hydrogen-bond acceptors (Lipinski definition) is 5. The van der Waals surface area contributed by atoms with Gasteiger partial charge in [0.15, 0.2) is 0 Å². The van der Waals surface area contributed by atoms with Crippen molar-refractivity contribution in [1.29, 1.82) is 0 Å². The molecule has 1 aromatic heterocycles. The van der Waals surface area contributed by atoms with Crippen molar-refractivity contribution in [3.8, 4) is 5.75 Å². The maximum absolute atomic E-state index is 13.5. The Hall–Kier alpha value is -4.13. The first-order chi connectivity index (χ1) is 15.5. The van der Waals surface area contributed by atoms with Gasteiger partial charge in [0.25, 0.3) is 11.7 Å². The summed E-state index contributed by atoms with van der Waals surface area (Å²) in [6, 6.07) is 14.4. The summed E-state index contributed by atoms with van der Waals surface area (Å²) in [5.74, 6) is -1.34. The van der Waals surface area contributed by atoms with E-state index in [4.69, 9.17) is 9.15 Å². The van der Waals surface area contributed by atoms with Crippen LogP contribution < -0.4 is 4.74 Å². The zero-order valence-electron chi connectivity index (χ0n) is 17.0. The number of rotatable bonds is 7. The Kier molecular flexibility index (Phi) is 5.89. The summed E-state index contributed by atoms with van der Waals surface area (Å²) in [6.07, 6.45) is 3.08. The molecule has 32 heavy (non-hydrogen) atoms. The van der Waals surface area contributed by atoms with E-state index in [1.54, 1.807) is 42.5 Å². The number of benzene rings is 2. The van der Waals surface area contributed by atoms with Crippen LogP contribution in [0.1, 0.15) is 22.9 Å². The van der Waals surface area contributed by atoms with Crippen LogP contribution in [0.5, 0.6) is 5.75 Å². The second-order valence-electron chi connectivity index (χ2n) is 7.18. The number of ether oxygens (including phenoxy) is 1. The van der Waals surface area contributed by atoms with Gasteiger partial charge < -0.3 is 19.2 Å². The van der Waals surface area contributed by atoms with E-state index in [0.717, 1.165) is 0 Å². The third kappa shape index (κ3) is 4.05. The second-order valence-corrected chi connectivity index (χ2v) is 7.18. The summed E-state index contributed by atoms with van der Waals surface area (Å²) in [5, 5.41) is 11.0. The number of aliphatic hydroxyl groups is 1. The van der Waals surface area contributed by atoms with E-state index in [0.29, 0.717) is 29.2 Å². The molecule has 7 heteroatoms. The van der Waals surface area contributed by atoms with Crippen molar-refractivity contribution in [3.05, 3.63) is 108 Å². The van der Waals surface area contributed by atoms with Crippen molar-refractivity contribution in [2.45, 2.75) is 12.6 Å². The zero-order valence-corrected chi connectivity index (χ0v) is 17.0. The molecule has 0 spiro atoms. The van der Waals surface area contributed by atoms with E-state index in [2.05, 4.69) is 6.58 Å². The number of amides is 1. The molecule has 2 heterocycles. The molecular weight excluding hydrogens is 413 g/mol. The van der Waals surface area contributed by atoms with Crippen molar-refractivity contribution in [2.24, 2.45) is 0 Å². The van der Waals surface area contributed by atoms with Crippen LogP contribution in [-0.4, -0.2) is 28.3 Å². The van der Waals surface area contributed by atoms with E-state index in [9.17, 15) is 19.1 Å². The molecule has 0 radical (unpaired) electrons. The van der Waals surface area contributed by atoms with Gasteiger partial charge in [-0.3, -0.25) is 9.59 Å². The minimum Gasteiger partial charge on any atom is -0.507 e. The molecule has 1 fully saturated rings. The van der Waals surface area contributed by atoms with Crippen LogP contribution in [0.25, 0.3) is 5.76 Å². The summed E-state index contributed by atoms with van der Waals surface area (Å²) in [7, 11) is 0. The first-order valence-corrected chi connectivity index (χ1v) is 9.90. The van der Waals surface area contributed by atoms with Crippen LogP contribution in [-0.2, 0) is 16.1 Å². The van der Waals surface area contributed by atoms with Crippen LogP contribution in [0, 0.1) is 5.82 Å². The third-order valence-electron chi connectivity index (χ3n) is 5.13. The number of ketones is 1. The number of furan rings is 1. The van der Waals surface area contributed by atoms with Crippen LogP contribution in [0.3, 0.4) is 0 Å². The van der Waals surface area contributed by atoms with Crippen LogP contribution >= 0.6 is 0 Å². The maximum atomic E-state index is 13.5. The molecule has 1 unspecified atom stereocenters. The minimum atomic E-state index is -0.905. The summed E-state index contributed by atoms with van der Waals surface area (Å²) >= 11 is 0. The smallest absolute Gasteiger partial charge is 0.296 e. The molecule has 162 valence electrons. The van der Waals surface area contributed by atoms with E-state index < -0.39 is 23.5 Å². The van der Waals surface area contributed by atoms with Crippen molar-refractivity contribution < 1.29 is 28.2 Å². The molecule has 1 aliphatic rings. The fraction of sp³-hybridized carbons (Fsp3) is 0.120. The van der Waals surface area contributed by atoms with Gasteiger partial charge in [0, 0.05) is 5.56 Å². The Morgan fingerprint density at radius 2 is 1.84 bits per heavy atom. The van der Waals surface area contributed by atoms with Crippen molar-refractivity contribution in [1.82, 2.24) is 4.90 Å². The topological polar surface area (TPSA) is 80.0 Å². The maximum Gasteiger partial charge on any atom is 0.296 e. The Morgan fingerprint density at radius 1 is 1.12 bits per heavy atom. The largest absolute Gasteiger partial charge is 0.507 e. The lowest BCUT2D eigenvalue weighted by Gasteiger charge is -2.24. The number of carbonyl (C=O) groups excluding carboxylic acids is 2. The zero-order chi connectivity index (χ0) is 22.7. The van der Waals surface area contributed by atoms with Gasteiger partial charge in [0.1, 0.15) is 29.7 Å². The number of aliphatic hydroxyl groups excluding tert-OH is 1. The molecule has 3 aromatic rings. The van der Waals surface area contributed by atoms with Gasteiger partial charge in [-0.1, -0.05) is 24.8 Å². The number of hydrogen-bond donors (Lipinski definition) is 1. The highest BCUT2D eigenvalue weighted by Gasteiger charge is 2.46. The van der Waals surface area contributed by atoms with Gasteiger partial charge in [-0.05, 0) is 54.1 Å². The van der Waals surface area contributed by atoms with Crippen molar-refractivity contribution >= 4 is 17.4 Å². The molecule has 4 rings (SSSR count). The third-order valence-corrected chi connectivity index (χ3v) is 5.13. The Bertz CT molecular complexity index is 1160. The first kappa shape index (κ1) is 21.1. The molecule has 0 bridgehead atoms. The van der Waals surface area contributed by atoms with E-state index in [-0.39, 0.29) is 17.9 Å². The molecule has 1 atom stereocenters. The van der Waals surface area contributed by atoms with E-state index >= 15 is 0 Å². The SMILES string of the molecule is C=CCOc1ccc(/C(O)=C2/C(=O)C(=O)N(Cc3ccco3)C2c2ccc(F)cc2)cc1. The van der Waals surface area contributed by atoms with Gasteiger partial charge in [-0.15, -0.1) is 0 Å². The van der Waals surface area contributed by atoms with Crippen molar-refractivity contribution in [2.75, 3.05) is 6.61 Å². The van der Waals surface area contributed by atoms with Crippen LogP contribution in [0.15, 0.2) is 89.6 Å². The number of carbonyl (C=O) groups is 2. The lowest BCUT2D eigenvalue weighted by atomic mass is 9.95. The van der Waals surface area contributed by atoms with E-state index in [1.807, 2.05) is 0 Å². The highest BCUT2D eigenvalue weighted by molar-refractivity contribution is 6.46. The van der Waals surface area contributed by atoms with Gasteiger partial charge >= 0.3 is 0 Å². The minimum absolute atomic E-state index is 0.0186. The molecule has 1 N–H and O–H groups in total. The Balaban J connectivity index is 1.78. The lowest BCUT2D eigenvalue weighted by molar-refractivity contribution is -0.140. The standard InChI is InChI=1S/C25H20FNO5/c1-2-13-31-19-11-7-17(8-12-19)23(28)21-22(16-5-9-18(26)10-6-16)27(25(30)24(21)29)15-20-4-3-14-32-20/h2-12,14,22,28H,1,13,15H2/b23-21-. The molecule has 0 saturated carbocycles. The summed E-state index contributed by atoms with van der Waals surface area (Å²) in [4.78, 5) is 27.2. The molecule has 2 aromatic carbocycles. The number of halogens is 1. The fourth-order valence-corrected chi connectivity index (χ4v) is 3.62. The Labute approximate surface area is 183 Å². The molecule has 0 aliphatic carbocycles. The molecule has 1 amide bonds. The summed E-state index contributed by atoms with van der Waals surface area (Å²) in [5.41, 5.74) is 0.761. The summed E-state index contributed by atoms with van der Waals surface area (Å²) < 4.78 is 24.3. The second kappa shape index (κ2) is 8.93. The van der Waals surface area contributed by atoms with Gasteiger partial charge in [-0.2, -0.15) is 0 Å². The first-order valence-electron chi connectivity index (χ1n) is 9.90. The monoisotopic (exact) mass is 433 g/mol. The lowest BCUT2D eigenvalue weighted by Crippen LogP contribution is -2.29. The quantitative estimate of drug-likeness (QED) is 0.255. The van der Waals surface area contributed by atoms with Gasteiger partial charge in [0.05, 0.1) is 24.4 Å². The summed E-state index contributed by atoms with van der Waals surface area (Å²) in [6.45, 7) is 3.93. The number of likely N-dealkylation sites (tertiary alicyclic amines) is 1. The van der Waals surface area contributed by atoms with Gasteiger partial charge in [-0.25, -0.2) is 4.39 Å². The van der Waals surface area contributed by atoms with Crippen molar-refractivity contribution in [3.63, 3.8) is 0 Å². The molecule has 1 saturated heterocycles. The van der Waals surface area contributed by atoms with Crippen LogP contribution in [0.2, 0.25) is 0 Å². The molecule has 1 aliphatic heterocycles. The highest BCUT2D eigenvalue weighted by Crippen LogP contribution is 2.40.